The van der Waals surface area contributed by atoms with Crippen LogP contribution < -0.4 is 5.73 Å². The summed E-state index contributed by atoms with van der Waals surface area (Å²) in [6, 6.07) is 6.86. The molecule has 2 heterocycles. The molecular formula is C19H29N3O4S. The fourth-order valence-electron chi connectivity index (χ4n) is 3.58. The number of amides is 1. The van der Waals surface area contributed by atoms with Crippen LogP contribution >= 0.6 is 0 Å². The van der Waals surface area contributed by atoms with Crippen molar-refractivity contribution in [1.29, 1.82) is 0 Å². The highest BCUT2D eigenvalue weighted by Crippen LogP contribution is 2.29. The fraction of sp³-hybridized carbons (Fsp3) is 0.632. The van der Waals surface area contributed by atoms with E-state index in [1.807, 2.05) is 4.90 Å². The van der Waals surface area contributed by atoms with Gasteiger partial charge in [0.25, 0.3) is 0 Å². The average molecular weight is 396 g/mol. The molecule has 150 valence electrons. The number of likely N-dealkylation sites (tertiary alicyclic amines) is 1. The van der Waals surface area contributed by atoms with Crippen molar-refractivity contribution in [3.8, 4) is 0 Å². The fourth-order valence-corrected chi connectivity index (χ4v) is 4.98. The van der Waals surface area contributed by atoms with Crippen LogP contribution in [-0.4, -0.2) is 69.5 Å². The van der Waals surface area contributed by atoms with Gasteiger partial charge in [-0.3, -0.25) is 4.79 Å². The van der Waals surface area contributed by atoms with Crippen LogP contribution in [0, 0.1) is 5.41 Å². The van der Waals surface area contributed by atoms with Crippen molar-refractivity contribution in [3.63, 3.8) is 0 Å². The largest absolute Gasteiger partial charge is 0.379 e. The summed E-state index contributed by atoms with van der Waals surface area (Å²) in [5.41, 5.74) is 6.80. The number of aryl methyl sites for hydroxylation is 1. The van der Waals surface area contributed by atoms with Gasteiger partial charge in [0.05, 0.1) is 18.1 Å². The standard InChI is InChI=1S/C19H29N3O4S/c1-19(14-20)8-9-21(15-19)18(23)7-4-16-2-5-17(6-3-16)27(24,25)22-10-12-26-13-11-22/h2-3,5-6H,4,7-15,20H2,1H3. The van der Waals surface area contributed by atoms with Crippen LogP contribution in [0.25, 0.3) is 0 Å². The molecule has 0 saturated carbocycles. The lowest BCUT2D eigenvalue weighted by molar-refractivity contribution is -0.130. The van der Waals surface area contributed by atoms with Crippen LogP contribution in [0.2, 0.25) is 0 Å². The highest BCUT2D eigenvalue weighted by molar-refractivity contribution is 7.89. The van der Waals surface area contributed by atoms with Gasteiger partial charge in [-0.1, -0.05) is 19.1 Å². The van der Waals surface area contributed by atoms with E-state index in [9.17, 15) is 13.2 Å². The number of nitrogens with zero attached hydrogens (tertiary/aromatic N) is 2. The molecule has 2 aliphatic heterocycles. The SMILES string of the molecule is CC1(CN)CCN(C(=O)CCc2ccc(S(=O)(=O)N3CCOCC3)cc2)C1. The summed E-state index contributed by atoms with van der Waals surface area (Å²) in [6.07, 6.45) is 1.98. The van der Waals surface area contributed by atoms with Crippen LogP contribution in [0.4, 0.5) is 0 Å². The Kier molecular flexibility index (Phi) is 6.20. The number of rotatable bonds is 6. The Hall–Kier alpha value is -1.48. The van der Waals surface area contributed by atoms with Gasteiger partial charge in [0, 0.05) is 32.6 Å². The molecule has 0 spiro atoms. The first-order chi connectivity index (χ1) is 12.8. The molecule has 1 aromatic carbocycles. The van der Waals surface area contributed by atoms with Crippen LogP contribution in [-0.2, 0) is 26.0 Å². The molecule has 1 aromatic rings. The van der Waals surface area contributed by atoms with E-state index in [2.05, 4.69) is 6.92 Å². The predicted octanol–water partition coefficient (Wildman–Crippen LogP) is 0.837. The highest BCUT2D eigenvalue weighted by atomic mass is 32.2. The Morgan fingerprint density at radius 1 is 1.19 bits per heavy atom. The van der Waals surface area contributed by atoms with E-state index < -0.39 is 10.0 Å². The molecular weight excluding hydrogens is 366 g/mol. The minimum atomic E-state index is -3.47. The minimum absolute atomic E-state index is 0.0329. The third kappa shape index (κ3) is 4.68. The van der Waals surface area contributed by atoms with Crippen molar-refractivity contribution in [3.05, 3.63) is 29.8 Å². The number of carbonyl (C=O) groups is 1. The van der Waals surface area contributed by atoms with E-state index in [-0.39, 0.29) is 16.2 Å². The quantitative estimate of drug-likeness (QED) is 0.770. The van der Waals surface area contributed by atoms with Gasteiger partial charge in [0.15, 0.2) is 0 Å². The third-order valence-electron chi connectivity index (χ3n) is 5.56. The van der Waals surface area contributed by atoms with E-state index in [0.29, 0.717) is 45.7 Å². The molecule has 0 aliphatic carbocycles. The lowest BCUT2D eigenvalue weighted by Crippen LogP contribution is -2.40. The molecule has 27 heavy (non-hydrogen) atoms. The number of sulfonamides is 1. The molecule has 0 aromatic heterocycles. The Balaban J connectivity index is 1.56. The van der Waals surface area contributed by atoms with Crippen molar-refractivity contribution in [2.24, 2.45) is 11.1 Å². The topological polar surface area (TPSA) is 92.9 Å². The molecule has 0 radical (unpaired) electrons. The lowest BCUT2D eigenvalue weighted by atomic mass is 9.90. The molecule has 1 unspecified atom stereocenters. The van der Waals surface area contributed by atoms with Gasteiger partial charge in [-0.25, -0.2) is 8.42 Å². The molecule has 2 fully saturated rings. The molecule has 1 amide bonds. The minimum Gasteiger partial charge on any atom is -0.379 e. The van der Waals surface area contributed by atoms with Crippen LogP contribution in [0.5, 0.6) is 0 Å². The second-order valence-corrected chi connectivity index (χ2v) is 9.68. The number of carbonyl (C=O) groups excluding carboxylic acids is 1. The molecule has 1 atom stereocenters. The normalized spacial score (nSPS) is 24.3. The molecule has 2 aliphatic rings. The summed E-state index contributed by atoms with van der Waals surface area (Å²) in [7, 11) is -3.47. The van der Waals surface area contributed by atoms with Gasteiger partial charge in [0.1, 0.15) is 0 Å². The zero-order valence-electron chi connectivity index (χ0n) is 15.9. The second kappa shape index (κ2) is 8.26. The number of nitrogens with two attached hydrogens (primary N) is 1. The van der Waals surface area contributed by atoms with Crippen LogP contribution in [0.1, 0.15) is 25.3 Å². The van der Waals surface area contributed by atoms with Crippen molar-refractivity contribution >= 4 is 15.9 Å². The summed E-state index contributed by atoms with van der Waals surface area (Å²) >= 11 is 0. The number of morpholine rings is 1. The van der Waals surface area contributed by atoms with Crippen molar-refractivity contribution < 1.29 is 17.9 Å². The third-order valence-corrected chi connectivity index (χ3v) is 7.47. The van der Waals surface area contributed by atoms with Crippen LogP contribution in [0.3, 0.4) is 0 Å². The molecule has 2 saturated heterocycles. The van der Waals surface area contributed by atoms with Gasteiger partial charge >= 0.3 is 0 Å². The summed E-state index contributed by atoms with van der Waals surface area (Å²) in [6.45, 7) is 5.83. The van der Waals surface area contributed by atoms with E-state index in [1.165, 1.54) is 4.31 Å². The molecule has 3 rings (SSSR count). The second-order valence-electron chi connectivity index (χ2n) is 7.74. The van der Waals surface area contributed by atoms with Gasteiger partial charge in [-0.05, 0) is 42.5 Å². The Bertz CT molecular complexity index is 760. The predicted molar refractivity (Wildman–Crippen MR) is 103 cm³/mol. The van der Waals surface area contributed by atoms with E-state index in [4.69, 9.17) is 10.5 Å². The van der Waals surface area contributed by atoms with E-state index in [0.717, 1.165) is 25.1 Å². The van der Waals surface area contributed by atoms with Gasteiger partial charge in [-0.2, -0.15) is 4.31 Å². The number of hydrogen-bond donors (Lipinski definition) is 1. The molecule has 8 heteroatoms. The van der Waals surface area contributed by atoms with Crippen molar-refractivity contribution in [2.75, 3.05) is 45.9 Å². The summed E-state index contributed by atoms with van der Waals surface area (Å²) in [5, 5.41) is 0. The molecule has 0 bridgehead atoms. The maximum Gasteiger partial charge on any atom is 0.243 e. The summed E-state index contributed by atoms with van der Waals surface area (Å²) in [5.74, 6) is 0.136. The van der Waals surface area contributed by atoms with Crippen molar-refractivity contribution in [1.82, 2.24) is 9.21 Å². The van der Waals surface area contributed by atoms with Crippen molar-refractivity contribution in [2.45, 2.75) is 31.1 Å². The van der Waals surface area contributed by atoms with Gasteiger partial charge in [-0.15, -0.1) is 0 Å². The maximum absolute atomic E-state index is 12.6. The first-order valence-corrected chi connectivity index (χ1v) is 10.9. The first kappa shape index (κ1) is 20.3. The molecule has 7 nitrogen and oxygen atoms in total. The zero-order valence-corrected chi connectivity index (χ0v) is 16.7. The Morgan fingerprint density at radius 3 is 2.44 bits per heavy atom. The maximum atomic E-state index is 12.6. The van der Waals surface area contributed by atoms with Crippen LogP contribution in [0.15, 0.2) is 29.2 Å². The number of benzene rings is 1. The number of ether oxygens (including phenoxy) is 1. The Labute approximate surface area is 161 Å². The van der Waals surface area contributed by atoms with Gasteiger partial charge < -0.3 is 15.4 Å². The lowest BCUT2D eigenvalue weighted by Gasteiger charge is -2.26. The van der Waals surface area contributed by atoms with E-state index >= 15 is 0 Å². The summed E-state index contributed by atoms with van der Waals surface area (Å²) < 4.78 is 31.9. The highest BCUT2D eigenvalue weighted by Gasteiger charge is 2.34. The average Bonchev–Trinajstić information content (AvgIpc) is 3.10. The Morgan fingerprint density at radius 2 is 1.85 bits per heavy atom. The first-order valence-electron chi connectivity index (χ1n) is 9.49. The molecule has 2 N–H and O–H groups in total. The van der Waals surface area contributed by atoms with Gasteiger partial charge in [0.2, 0.25) is 15.9 Å². The monoisotopic (exact) mass is 395 g/mol. The number of hydrogen-bond acceptors (Lipinski definition) is 5. The summed E-state index contributed by atoms with van der Waals surface area (Å²) in [4.78, 5) is 14.6. The zero-order chi connectivity index (χ0) is 19.5. The smallest absolute Gasteiger partial charge is 0.243 e. The van der Waals surface area contributed by atoms with E-state index in [1.54, 1.807) is 24.3 Å².